The Morgan fingerprint density at radius 3 is 2.67 bits per heavy atom. The number of ether oxygens (including phenoxy) is 1. The van der Waals surface area contributed by atoms with Gasteiger partial charge in [-0.3, -0.25) is 9.59 Å². The molecule has 1 fully saturated rings. The van der Waals surface area contributed by atoms with Crippen LogP contribution in [0.25, 0.3) is 0 Å². The standard InChI is InChI=1S/C24H31N3O3/c1-25(2)16-19-10-11-22-20-13-18(15-27(22)24(19)29)14-26(17-20)23(28)9-6-12-30-21-7-4-3-5-8-21/h3-5,7-8,10-11,18,20H,6,9,12-17H2,1-2H3/t18-,20+/m0/s1. The SMILES string of the molecule is CN(C)Cc1ccc2n(c1=O)C[C@H]1C[C@@H]2CN(C(=O)CCCOc2ccccc2)C1. The van der Waals surface area contributed by atoms with E-state index in [0.29, 0.717) is 45.0 Å². The van der Waals surface area contributed by atoms with Gasteiger partial charge in [-0.1, -0.05) is 24.3 Å². The van der Waals surface area contributed by atoms with Crippen LogP contribution in [0.2, 0.25) is 0 Å². The summed E-state index contributed by atoms with van der Waals surface area (Å²) in [6.07, 6.45) is 2.28. The number of benzene rings is 1. The van der Waals surface area contributed by atoms with Crippen LogP contribution in [-0.4, -0.2) is 54.1 Å². The third-order valence-electron chi connectivity index (χ3n) is 6.07. The summed E-state index contributed by atoms with van der Waals surface area (Å²) in [7, 11) is 3.96. The van der Waals surface area contributed by atoms with Gasteiger partial charge in [-0.05, 0) is 51.1 Å². The lowest BCUT2D eigenvalue weighted by Gasteiger charge is -2.43. The predicted molar refractivity (Wildman–Crippen MR) is 117 cm³/mol. The first-order chi connectivity index (χ1) is 14.5. The summed E-state index contributed by atoms with van der Waals surface area (Å²) < 4.78 is 7.67. The molecular formula is C24H31N3O3. The average Bonchev–Trinajstić information content (AvgIpc) is 2.74. The second-order valence-corrected chi connectivity index (χ2v) is 8.80. The first-order valence-corrected chi connectivity index (χ1v) is 10.8. The Balaban J connectivity index is 1.35. The van der Waals surface area contributed by atoms with Gasteiger partial charge in [0.25, 0.3) is 5.56 Å². The highest BCUT2D eigenvalue weighted by atomic mass is 16.5. The Morgan fingerprint density at radius 1 is 1.10 bits per heavy atom. The zero-order chi connectivity index (χ0) is 21.1. The van der Waals surface area contributed by atoms with Gasteiger partial charge < -0.3 is 19.1 Å². The number of likely N-dealkylation sites (tertiary alicyclic amines) is 1. The minimum absolute atomic E-state index is 0.133. The lowest BCUT2D eigenvalue weighted by molar-refractivity contribution is -0.134. The maximum Gasteiger partial charge on any atom is 0.255 e. The number of carbonyl (C=O) groups excluding carboxylic acids is 1. The van der Waals surface area contributed by atoms with Crippen LogP contribution in [0.4, 0.5) is 0 Å². The summed E-state index contributed by atoms with van der Waals surface area (Å²) in [4.78, 5) is 29.7. The van der Waals surface area contributed by atoms with Crippen LogP contribution < -0.4 is 10.3 Å². The Kier molecular flexibility index (Phi) is 6.23. The van der Waals surface area contributed by atoms with Crippen LogP contribution in [0.5, 0.6) is 5.75 Å². The first-order valence-electron chi connectivity index (χ1n) is 10.8. The Bertz CT molecular complexity index is 938. The summed E-state index contributed by atoms with van der Waals surface area (Å²) in [6, 6.07) is 13.8. The van der Waals surface area contributed by atoms with Crippen molar-refractivity contribution < 1.29 is 9.53 Å². The predicted octanol–water partition coefficient (Wildman–Crippen LogP) is 2.71. The van der Waals surface area contributed by atoms with E-state index in [1.54, 1.807) is 0 Å². The summed E-state index contributed by atoms with van der Waals surface area (Å²) in [5.41, 5.74) is 2.06. The van der Waals surface area contributed by atoms with Gasteiger partial charge in [0.2, 0.25) is 5.91 Å². The van der Waals surface area contributed by atoms with Crippen molar-refractivity contribution in [3.05, 3.63) is 64.1 Å². The molecule has 0 radical (unpaired) electrons. The van der Waals surface area contributed by atoms with Crippen molar-refractivity contribution in [2.75, 3.05) is 33.8 Å². The molecule has 1 amide bonds. The number of piperidine rings is 1. The maximum absolute atomic E-state index is 12.9. The van der Waals surface area contributed by atoms with Gasteiger partial charge in [0.05, 0.1) is 6.61 Å². The number of para-hydroxylation sites is 1. The fraction of sp³-hybridized carbons (Fsp3) is 0.500. The molecule has 2 aromatic rings. The lowest BCUT2D eigenvalue weighted by atomic mass is 9.82. The van der Waals surface area contributed by atoms with E-state index in [0.717, 1.165) is 30.0 Å². The Hall–Kier alpha value is -2.60. The molecule has 1 aromatic carbocycles. The summed E-state index contributed by atoms with van der Waals surface area (Å²) in [6.45, 7) is 3.38. The smallest absolute Gasteiger partial charge is 0.255 e. The van der Waals surface area contributed by atoms with E-state index >= 15 is 0 Å². The zero-order valence-electron chi connectivity index (χ0n) is 17.9. The molecule has 4 rings (SSSR count). The number of carbonyl (C=O) groups is 1. The molecule has 0 aliphatic carbocycles. The van der Waals surface area contributed by atoms with Crippen LogP contribution in [0.15, 0.2) is 47.3 Å². The fourth-order valence-corrected chi connectivity index (χ4v) is 4.74. The molecule has 6 nitrogen and oxygen atoms in total. The molecule has 1 saturated heterocycles. The number of rotatable bonds is 7. The monoisotopic (exact) mass is 409 g/mol. The third-order valence-corrected chi connectivity index (χ3v) is 6.07. The second kappa shape index (κ2) is 9.04. The molecule has 0 spiro atoms. The van der Waals surface area contributed by atoms with Crippen LogP contribution in [-0.2, 0) is 17.9 Å². The number of fused-ring (bicyclic) bond motifs is 4. The minimum atomic E-state index is 0.133. The van der Waals surface area contributed by atoms with Gasteiger partial charge in [0.15, 0.2) is 0 Å². The second-order valence-electron chi connectivity index (χ2n) is 8.80. The lowest BCUT2D eigenvalue weighted by Crippen LogP contribution is -2.49. The van der Waals surface area contributed by atoms with Gasteiger partial charge in [0.1, 0.15) is 5.75 Å². The Morgan fingerprint density at radius 2 is 1.90 bits per heavy atom. The summed E-state index contributed by atoms with van der Waals surface area (Å²) >= 11 is 0. The zero-order valence-corrected chi connectivity index (χ0v) is 17.9. The molecule has 6 heteroatoms. The molecule has 2 aliphatic heterocycles. The molecule has 0 unspecified atom stereocenters. The summed E-state index contributed by atoms with van der Waals surface area (Å²) in [5, 5.41) is 0. The van der Waals surface area contributed by atoms with E-state index in [-0.39, 0.29) is 17.4 Å². The van der Waals surface area contributed by atoms with Crippen molar-refractivity contribution in [3.8, 4) is 5.75 Å². The molecule has 0 saturated carbocycles. The Labute approximate surface area is 178 Å². The van der Waals surface area contributed by atoms with E-state index in [1.807, 2.05) is 64.9 Å². The number of amides is 1. The van der Waals surface area contributed by atoms with Crippen LogP contribution >= 0.6 is 0 Å². The van der Waals surface area contributed by atoms with E-state index in [2.05, 4.69) is 6.07 Å². The highest BCUT2D eigenvalue weighted by Crippen LogP contribution is 2.35. The topological polar surface area (TPSA) is 54.8 Å². The fourth-order valence-electron chi connectivity index (χ4n) is 4.74. The van der Waals surface area contributed by atoms with E-state index in [9.17, 15) is 9.59 Å². The van der Waals surface area contributed by atoms with Crippen molar-refractivity contribution in [2.24, 2.45) is 5.92 Å². The minimum Gasteiger partial charge on any atom is -0.494 e. The summed E-state index contributed by atoms with van der Waals surface area (Å²) in [5.74, 6) is 1.64. The van der Waals surface area contributed by atoms with Crippen molar-refractivity contribution in [2.45, 2.75) is 38.3 Å². The number of hydrogen-bond acceptors (Lipinski definition) is 4. The van der Waals surface area contributed by atoms with Gasteiger partial charge in [-0.2, -0.15) is 0 Å². The van der Waals surface area contributed by atoms with Crippen molar-refractivity contribution in [3.63, 3.8) is 0 Å². The molecule has 160 valence electrons. The van der Waals surface area contributed by atoms with E-state index in [4.69, 9.17) is 4.74 Å². The molecule has 2 atom stereocenters. The normalized spacial score (nSPS) is 20.2. The first kappa shape index (κ1) is 20.7. The van der Waals surface area contributed by atoms with Crippen LogP contribution in [0.3, 0.4) is 0 Å². The molecule has 1 aromatic heterocycles. The molecule has 2 aliphatic rings. The van der Waals surface area contributed by atoms with Crippen LogP contribution in [0.1, 0.15) is 36.4 Å². The number of hydrogen-bond donors (Lipinski definition) is 0. The average molecular weight is 410 g/mol. The van der Waals surface area contributed by atoms with Gasteiger partial charge in [-0.25, -0.2) is 0 Å². The van der Waals surface area contributed by atoms with Crippen molar-refractivity contribution in [1.29, 1.82) is 0 Å². The van der Waals surface area contributed by atoms with Crippen molar-refractivity contribution >= 4 is 5.91 Å². The highest BCUT2D eigenvalue weighted by molar-refractivity contribution is 5.76. The van der Waals surface area contributed by atoms with E-state index in [1.165, 1.54) is 0 Å². The maximum atomic E-state index is 12.9. The van der Waals surface area contributed by atoms with Gasteiger partial charge in [-0.15, -0.1) is 0 Å². The molecular weight excluding hydrogens is 378 g/mol. The van der Waals surface area contributed by atoms with Crippen molar-refractivity contribution in [1.82, 2.24) is 14.4 Å². The highest BCUT2D eigenvalue weighted by Gasteiger charge is 2.36. The molecule has 30 heavy (non-hydrogen) atoms. The molecule has 0 N–H and O–H groups in total. The van der Waals surface area contributed by atoms with E-state index < -0.39 is 0 Å². The quantitative estimate of drug-likeness (QED) is 0.660. The number of pyridine rings is 1. The number of nitrogens with zero attached hydrogens (tertiary/aromatic N) is 3. The molecule has 2 bridgehead atoms. The largest absolute Gasteiger partial charge is 0.494 e. The van der Waals surface area contributed by atoms with Crippen LogP contribution in [0, 0.1) is 5.92 Å². The number of aromatic nitrogens is 1. The molecule has 3 heterocycles. The third kappa shape index (κ3) is 4.59. The van der Waals surface area contributed by atoms with Gasteiger partial charge >= 0.3 is 0 Å². The van der Waals surface area contributed by atoms with Gasteiger partial charge in [0, 0.05) is 49.8 Å².